The molecule has 0 bridgehead atoms. The molecule has 0 aliphatic carbocycles. The normalized spacial score (nSPS) is 11.6. The van der Waals surface area contributed by atoms with Gasteiger partial charge in [-0.3, -0.25) is 4.79 Å². The summed E-state index contributed by atoms with van der Waals surface area (Å²) < 4.78 is 15.1. The average molecular weight is 282 g/mol. The number of rotatable bonds is 6. The molecule has 0 aliphatic heterocycles. The van der Waals surface area contributed by atoms with Crippen LogP contribution in [0, 0.1) is 5.92 Å². The van der Waals surface area contributed by atoms with Crippen molar-refractivity contribution in [1.29, 1.82) is 0 Å². The highest BCUT2D eigenvalue weighted by Crippen LogP contribution is 2.32. The van der Waals surface area contributed by atoms with Gasteiger partial charge in [0.25, 0.3) is 0 Å². The maximum atomic E-state index is 11.9. The van der Waals surface area contributed by atoms with E-state index in [4.69, 9.17) is 25.7 Å². The molecule has 1 unspecified atom stereocenters. The minimum Gasteiger partial charge on any atom is -0.493 e. The third kappa shape index (κ3) is 3.53. The molecule has 0 saturated carbocycles. The number of carbonyl (C=O) groups is 2. The third-order valence-corrected chi connectivity index (χ3v) is 2.73. The van der Waals surface area contributed by atoms with Gasteiger partial charge < -0.3 is 25.7 Å². The van der Waals surface area contributed by atoms with E-state index in [0.717, 1.165) is 0 Å². The van der Waals surface area contributed by atoms with Gasteiger partial charge in [0.1, 0.15) is 6.61 Å². The molecule has 1 aromatic rings. The van der Waals surface area contributed by atoms with Gasteiger partial charge in [0, 0.05) is 12.1 Å². The van der Waals surface area contributed by atoms with E-state index in [1.165, 1.54) is 26.4 Å². The monoisotopic (exact) mass is 282 g/mol. The molecule has 0 saturated heterocycles. The third-order valence-electron chi connectivity index (χ3n) is 2.73. The number of amides is 1. The van der Waals surface area contributed by atoms with Crippen LogP contribution in [0.4, 0.5) is 5.69 Å². The van der Waals surface area contributed by atoms with Crippen LogP contribution in [0.5, 0.6) is 11.5 Å². The first kappa shape index (κ1) is 15.6. The van der Waals surface area contributed by atoms with E-state index in [1.807, 2.05) is 0 Å². The quantitative estimate of drug-likeness (QED) is 0.582. The second-order valence-electron chi connectivity index (χ2n) is 4.20. The number of nitrogen functional groups attached to an aromatic ring is 1. The van der Waals surface area contributed by atoms with Crippen LogP contribution in [0.15, 0.2) is 12.1 Å². The number of methoxy groups -OCH3 is 2. The minimum absolute atomic E-state index is 0.109. The number of benzene rings is 1. The van der Waals surface area contributed by atoms with Gasteiger partial charge >= 0.3 is 5.97 Å². The summed E-state index contributed by atoms with van der Waals surface area (Å²) in [5, 5.41) is 0. The Morgan fingerprint density at radius 1 is 1.20 bits per heavy atom. The Morgan fingerprint density at radius 2 is 1.75 bits per heavy atom. The van der Waals surface area contributed by atoms with Gasteiger partial charge in [0.15, 0.2) is 11.5 Å². The second-order valence-corrected chi connectivity index (χ2v) is 4.20. The van der Waals surface area contributed by atoms with Crippen LogP contribution < -0.4 is 20.9 Å². The number of esters is 1. The lowest BCUT2D eigenvalue weighted by Gasteiger charge is -2.13. The number of primary amides is 1. The fourth-order valence-corrected chi connectivity index (χ4v) is 1.43. The molecule has 20 heavy (non-hydrogen) atoms. The fraction of sp³-hybridized carbons (Fsp3) is 0.385. The van der Waals surface area contributed by atoms with Gasteiger partial charge in [0.2, 0.25) is 5.91 Å². The summed E-state index contributed by atoms with van der Waals surface area (Å²) >= 11 is 0. The first-order valence-corrected chi connectivity index (χ1v) is 5.88. The summed E-state index contributed by atoms with van der Waals surface area (Å²) in [5.41, 5.74) is 11.2. The molecule has 0 spiro atoms. The molecule has 110 valence electrons. The van der Waals surface area contributed by atoms with Gasteiger partial charge in [-0.15, -0.1) is 0 Å². The highest BCUT2D eigenvalue weighted by atomic mass is 16.5. The summed E-state index contributed by atoms with van der Waals surface area (Å²) in [6.07, 6.45) is 0. The Balaban J connectivity index is 2.90. The number of hydrogen-bond donors (Lipinski definition) is 2. The summed E-state index contributed by atoms with van der Waals surface area (Å²) in [5.74, 6) is -1.00. The molecule has 7 heteroatoms. The molecule has 1 amide bonds. The van der Waals surface area contributed by atoms with E-state index in [2.05, 4.69) is 0 Å². The van der Waals surface area contributed by atoms with Crippen LogP contribution in [0.1, 0.15) is 17.3 Å². The Morgan fingerprint density at radius 3 is 2.25 bits per heavy atom. The second kappa shape index (κ2) is 6.65. The van der Waals surface area contributed by atoms with Gasteiger partial charge in [-0.2, -0.15) is 0 Å². The standard InChI is InChI=1S/C13H18N2O5/c1-7(12(15)16)6-20-13(17)8-4-10(18-2)11(19-3)5-9(8)14/h4-5,7H,6,14H2,1-3H3,(H2,15,16). The van der Waals surface area contributed by atoms with Gasteiger partial charge in [-0.25, -0.2) is 4.79 Å². The van der Waals surface area contributed by atoms with E-state index in [1.54, 1.807) is 6.92 Å². The van der Waals surface area contributed by atoms with Crippen LogP contribution in [0.2, 0.25) is 0 Å². The lowest BCUT2D eigenvalue weighted by molar-refractivity contribution is -0.122. The summed E-state index contributed by atoms with van der Waals surface area (Å²) in [7, 11) is 2.90. The van der Waals surface area contributed by atoms with Gasteiger partial charge in [0.05, 0.1) is 31.4 Å². The Bertz CT molecular complexity index is 516. The maximum absolute atomic E-state index is 11.9. The highest BCUT2D eigenvalue weighted by Gasteiger charge is 2.18. The molecule has 0 aromatic heterocycles. The highest BCUT2D eigenvalue weighted by molar-refractivity contribution is 5.96. The van der Waals surface area contributed by atoms with Crippen LogP contribution in [0.25, 0.3) is 0 Å². The molecule has 7 nitrogen and oxygen atoms in total. The van der Waals surface area contributed by atoms with E-state index < -0.39 is 17.8 Å². The molecule has 4 N–H and O–H groups in total. The molecular formula is C13H18N2O5. The van der Waals surface area contributed by atoms with Crippen molar-refractivity contribution >= 4 is 17.6 Å². The van der Waals surface area contributed by atoms with Crippen LogP contribution >= 0.6 is 0 Å². The van der Waals surface area contributed by atoms with Crippen molar-refractivity contribution in [1.82, 2.24) is 0 Å². The number of hydrogen-bond acceptors (Lipinski definition) is 6. The SMILES string of the molecule is COc1cc(N)c(C(=O)OCC(C)C(N)=O)cc1OC. The zero-order valence-corrected chi connectivity index (χ0v) is 11.6. The number of carbonyl (C=O) groups excluding carboxylic acids is 2. The number of ether oxygens (including phenoxy) is 3. The molecule has 0 aliphatic rings. The predicted molar refractivity (Wildman–Crippen MR) is 72.6 cm³/mol. The van der Waals surface area contributed by atoms with Crippen molar-refractivity contribution in [2.45, 2.75) is 6.92 Å². The summed E-state index contributed by atoms with van der Waals surface area (Å²) in [6.45, 7) is 1.45. The molecule has 0 radical (unpaired) electrons. The molecule has 1 rings (SSSR count). The lowest BCUT2D eigenvalue weighted by atomic mass is 10.1. The van der Waals surface area contributed by atoms with E-state index in [0.29, 0.717) is 11.5 Å². The molecule has 0 heterocycles. The van der Waals surface area contributed by atoms with Crippen LogP contribution in [-0.2, 0) is 9.53 Å². The first-order chi connectivity index (χ1) is 9.40. The van der Waals surface area contributed by atoms with Crippen LogP contribution in [0.3, 0.4) is 0 Å². The largest absolute Gasteiger partial charge is 0.493 e. The van der Waals surface area contributed by atoms with E-state index in [9.17, 15) is 9.59 Å². The zero-order valence-electron chi connectivity index (χ0n) is 11.6. The van der Waals surface area contributed by atoms with Crippen molar-refractivity contribution < 1.29 is 23.8 Å². The lowest BCUT2D eigenvalue weighted by Crippen LogP contribution is -2.26. The van der Waals surface area contributed by atoms with Gasteiger partial charge in [-0.05, 0) is 0 Å². The topological polar surface area (TPSA) is 114 Å². The molecule has 0 fully saturated rings. The Labute approximate surface area is 116 Å². The van der Waals surface area contributed by atoms with Crippen molar-refractivity contribution in [3.63, 3.8) is 0 Å². The molecule has 1 aromatic carbocycles. The van der Waals surface area contributed by atoms with E-state index >= 15 is 0 Å². The maximum Gasteiger partial charge on any atom is 0.340 e. The van der Waals surface area contributed by atoms with Crippen molar-refractivity contribution in [2.75, 3.05) is 26.6 Å². The molecule has 1 atom stereocenters. The van der Waals surface area contributed by atoms with Crippen molar-refractivity contribution in [3.05, 3.63) is 17.7 Å². The van der Waals surface area contributed by atoms with Crippen molar-refractivity contribution in [3.8, 4) is 11.5 Å². The van der Waals surface area contributed by atoms with E-state index in [-0.39, 0.29) is 17.9 Å². The zero-order chi connectivity index (χ0) is 15.3. The number of nitrogens with two attached hydrogens (primary N) is 2. The Kier molecular flexibility index (Phi) is 5.19. The predicted octanol–water partition coefficient (Wildman–Crippen LogP) is 0.564. The fourth-order valence-electron chi connectivity index (χ4n) is 1.43. The average Bonchev–Trinajstić information content (AvgIpc) is 2.43. The smallest absolute Gasteiger partial charge is 0.340 e. The number of anilines is 1. The summed E-state index contributed by atoms with van der Waals surface area (Å²) in [6, 6.07) is 2.89. The van der Waals surface area contributed by atoms with Crippen molar-refractivity contribution in [2.24, 2.45) is 11.7 Å². The van der Waals surface area contributed by atoms with Gasteiger partial charge in [-0.1, -0.05) is 6.92 Å². The summed E-state index contributed by atoms with van der Waals surface area (Å²) in [4.78, 5) is 22.8. The molecular weight excluding hydrogens is 264 g/mol. The first-order valence-electron chi connectivity index (χ1n) is 5.88. The van der Waals surface area contributed by atoms with Crippen LogP contribution in [-0.4, -0.2) is 32.7 Å². The Hall–Kier alpha value is -2.44. The minimum atomic E-state index is -0.656.